The first kappa shape index (κ1) is 14.3. The predicted molar refractivity (Wildman–Crippen MR) is 79.3 cm³/mol. The molecular formula is C17H19NO2. The lowest BCUT2D eigenvalue weighted by atomic mass is 9.94. The zero-order chi connectivity index (χ0) is 14.4. The standard InChI is InChI=1S/C17H19NO2/c1-13(17(19)20)16(15-10-6-3-7-11-15)18-12-14-8-4-2-5-9-14/h2-11,13,16,18H,12H2,1H3,(H,19,20)/t13-,16+/m1/s1. The third kappa shape index (κ3) is 3.68. The monoisotopic (exact) mass is 269 g/mol. The van der Waals surface area contributed by atoms with Gasteiger partial charge in [0.2, 0.25) is 0 Å². The first-order valence-electron chi connectivity index (χ1n) is 6.73. The van der Waals surface area contributed by atoms with Crippen LogP contribution in [0, 0.1) is 5.92 Å². The maximum absolute atomic E-state index is 11.3. The molecule has 0 unspecified atom stereocenters. The van der Waals surface area contributed by atoms with Crippen LogP contribution in [-0.2, 0) is 11.3 Å². The molecule has 0 aromatic heterocycles. The van der Waals surface area contributed by atoms with Gasteiger partial charge in [0, 0.05) is 12.6 Å². The van der Waals surface area contributed by atoms with Gasteiger partial charge in [-0.2, -0.15) is 0 Å². The zero-order valence-corrected chi connectivity index (χ0v) is 11.5. The molecular weight excluding hydrogens is 250 g/mol. The Hall–Kier alpha value is -2.13. The van der Waals surface area contributed by atoms with Crippen molar-refractivity contribution in [1.82, 2.24) is 5.32 Å². The summed E-state index contributed by atoms with van der Waals surface area (Å²) in [5, 5.41) is 12.6. The summed E-state index contributed by atoms with van der Waals surface area (Å²) in [6.07, 6.45) is 0. The highest BCUT2D eigenvalue weighted by Crippen LogP contribution is 2.22. The molecule has 0 amide bonds. The van der Waals surface area contributed by atoms with Gasteiger partial charge in [-0.05, 0) is 11.1 Å². The van der Waals surface area contributed by atoms with Crippen molar-refractivity contribution in [2.24, 2.45) is 5.92 Å². The Morgan fingerprint density at radius 1 is 1.05 bits per heavy atom. The molecule has 0 fully saturated rings. The van der Waals surface area contributed by atoms with Gasteiger partial charge >= 0.3 is 5.97 Å². The van der Waals surface area contributed by atoms with Crippen molar-refractivity contribution < 1.29 is 9.90 Å². The summed E-state index contributed by atoms with van der Waals surface area (Å²) in [5.41, 5.74) is 2.14. The van der Waals surface area contributed by atoms with Crippen molar-refractivity contribution in [1.29, 1.82) is 0 Å². The molecule has 0 aliphatic heterocycles. The minimum absolute atomic E-state index is 0.200. The number of aliphatic carboxylic acids is 1. The Balaban J connectivity index is 2.13. The second-order valence-corrected chi connectivity index (χ2v) is 4.88. The van der Waals surface area contributed by atoms with E-state index in [1.54, 1.807) is 6.92 Å². The van der Waals surface area contributed by atoms with Gasteiger partial charge in [-0.15, -0.1) is 0 Å². The summed E-state index contributed by atoms with van der Waals surface area (Å²) in [6.45, 7) is 2.38. The molecule has 3 nitrogen and oxygen atoms in total. The van der Waals surface area contributed by atoms with Gasteiger partial charge in [-0.1, -0.05) is 67.6 Å². The van der Waals surface area contributed by atoms with E-state index >= 15 is 0 Å². The molecule has 0 aliphatic carbocycles. The summed E-state index contributed by atoms with van der Waals surface area (Å²) in [6, 6.07) is 19.5. The fourth-order valence-electron chi connectivity index (χ4n) is 2.21. The van der Waals surface area contributed by atoms with Crippen molar-refractivity contribution in [2.75, 3.05) is 0 Å². The van der Waals surface area contributed by atoms with Crippen LogP contribution in [0.25, 0.3) is 0 Å². The molecule has 2 rings (SSSR count). The smallest absolute Gasteiger partial charge is 0.308 e. The average Bonchev–Trinajstić information content (AvgIpc) is 2.49. The number of hydrogen-bond acceptors (Lipinski definition) is 2. The highest BCUT2D eigenvalue weighted by molar-refractivity contribution is 5.70. The molecule has 0 heterocycles. The predicted octanol–water partition coefficient (Wildman–Crippen LogP) is 3.24. The lowest BCUT2D eigenvalue weighted by Crippen LogP contribution is -2.31. The molecule has 104 valence electrons. The summed E-state index contributed by atoms with van der Waals surface area (Å²) in [7, 11) is 0. The fourth-order valence-corrected chi connectivity index (χ4v) is 2.21. The number of carboxylic acid groups (broad SMARTS) is 1. The molecule has 3 heteroatoms. The van der Waals surface area contributed by atoms with Crippen LogP contribution in [0.15, 0.2) is 60.7 Å². The average molecular weight is 269 g/mol. The maximum atomic E-state index is 11.3. The molecule has 0 radical (unpaired) electrons. The quantitative estimate of drug-likeness (QED) is 0.846. The lowest BCUT2D eigenvalue weighted by Gasteiger charge is -2.23. The highest BCUT2D eigenvalue weighted by atomic mass is 16.4. The molecule has 0 saturated heterocycles. The second kappa shape index (κ2) is 6.87. The van der Waals surface area contributed by atoms with Gasteiger partial charge in [0.15, 0.2) is 0 Å². The maximum Gasteiger partial charge on any atom is 0.308 e. The van der Waals surface area contributed by atoms with Gasteiger partial charge in [0.05, 0.1) is 5.92 Å². The Kier molecular flexibility index (Phi) is 4.91. The van der Waals surface area contributed by atoms with Crippen LogP contribution in [0.1, 0.15) is 24.1 Å². The number of nitrogens with one attached hydrogen (secondary N) is 1. The molecule has 2 aromatic carbocycles. The van der Waals surface area contributed by atoms with Crippen molar-refractivity contribution in [3.05, 3.63) is 71.8 Å². The van der Waals surface area contributed by atoms with Crippen LogP contribution in [-0.4, -0.2) is 11.1 Å². The summed E-state index contributed by atoms with van der Waals surface area (Å²) in [5.74, 6) is -1.28. The van der Waals surface area contributed by atoms with Gasteiger partial charge in [0.25, 0.3) is 0 Å². The third-order valence-corrected chi connectivity index (χ3v) is 3.42. The van der Waals surface area contributed by atoms with E-state index in [-0.39, 0.29) is 6.04 Å². The van der Waals surface area contributed by atoms with Crippen LogP contribution in [0.2, 0.25) is 0 Å². The number of carboxylic acids is 1. The number of hydrogen-bond donors (Lipinski definition) is 2. The Morgan fingerprint density at radius 2 is 1.60 bits per heavy atom. The van der Waals surface area contributed by atoms with Crippen LogP contribution in [0.5, 0.6) is 0 Å². The van der Waals surface area contributed by atoms with E-state index in [1.807, 2.05) is 60.7 Å². The van der Waals surface area contributed by atoms with Crippen molar-refractivity contribution in [3.63, 3.8) is 0 Å². The highest BCUT2D eigenvalue weighted by Gasteiger charge is 2.24. The van der Waals surface area contributed by atoms with E-state index in [0.29, 0.717) is 6.54 Å². The Labute approximate surface area is 119 Å². The Morgan fingerprint density at radius 3 is 2.15 bits per heavy atom. The number of carbonyl (C=O) groups is 1. The zero-order valence-electron chi connectivity index (χ0n) is 11.5. The first-order chi connectivity index (χ1) is 9.68. The van der Waals surface area contributed by atoms with Crippen molar-refractivity contribution in [2.45, 2.75) is 19.5 Å². The molecule has 2 aromatic rings. The van der Waals surface area contributed by atoms with Crippen LogP contribution < -0.4 is 5.32 Å². The van der Waals surface area contributed by atoms with Crippen LogP contribution in [0.3, 0.4) is 0 Å². The first-order valence-corrected chi connectivity index (χ1v) is 6.73. The van der Waals surface area contributed by atoms with E-state index < -0.39 is 11.9 Å². The normalized spacial score (nSPS) is 13.7. The van der Waals surface area contributed by atoms with Crippen molar-refractivity contribution >= 4 is 5.97 Å². The van der Waals surface area contributed by atoms with Crippen LogP contribution in [0.4, 0.5) is 0 Å². The largest absolute Gasteiger partial charge is 0.481 e. The SMILES string of the molecule is C[C@@H](C(=O)O)[C@H](NCc1ccccc1)c1ccccc1. The number of benzene rings is 2. The van der Waals surface area contributed by atoms with E-state index in [0.717, 1.165) is 11.1 Å². The molecule has 0 bridgehead atoms. The Bertz CT molecular complexity index is 539. The van der Waals surface area contributed by atoms with E-state index in [4.69, 9.17) is 0 Å². The van der Waals surface area contributed by atoms with E-state index in [1.165, 1.54) is 0 Å². The van der Waals surface area contributed by atoms with Gasteiger partial charge < -0.3 is 10.4 Å². The minimum atomic E-state index is -0.792. The molecule has 0 spiro atoms. The molecule has 20 heavy (non-hydrogen) atoms. The molecule has 0 aliphatic rings. The van der Waals surface area contributed by atoms with Gasteiger partial charge in [-0.3, -0.25) is 4.79 Å². The molecule has 2 atom stereocenters. The third-order valence-electron chi connectivity index (χ3n) is 3.42. The second-order valence-electron chi connectivity index (χ2n) is 4.88. The summed E-state index contributed by atoms with van der Waals surface area (Å²) >= 11 is 0. The lowest BCUT2D eigenvalue weighted by molar-refractivity contribution is -0.142. The van der Waals surface area contributed by atoms with Crippen LogP contribution >= 0.6 is 0 Å². The molecule has 2 N–H and O–H groups in total. The van der Waals surface area contributed by atoms with Gasteiger partial charge in [-0.25, -0.2) is 0 Å². The summed E-state index contributed by atoms with van der Waals surface area (Å²) in [4.78, 5) is 11.3. The summed E-state index contributed by atoms with van der Waals surface area (Å²) < 4.78 is 0. The van der Waals surface area contributed by atoms with E-state index in [2.05, 4.69) is 5.32 Å². The van der Waals surface area contributed by atoms with Crippen molar-refractivity contribution in [3.8, 4) is 0 Å². The topological polar surface area (TPSA) is 49.3 Å². The minimum Gasteiger partial charge on any atom is -0.481 e. The number of rotatable bonds is 6. The molecule has 0 saturated carbocycles. The van der Waals surface area contributed by atoms with E-state index in [9.17, 15) is 9.90 Å². The van der Waals surface area contributed by atoms with Gasteiger partial charge in [0.1, 0.15) is 0 Å². The fraction of sp³-hybridized carbons (Fsp3) is 0.235.